The summed E-state index contributed by atoms with van der Waals surface area (Å²) in [6.07, 6.45) is 4.17. The largest absolute Gasteiger partial charge is 0.462 e. The van der Waals surface area contributed by atoms with Gasteiger partial charge in [0.2, 0.25) is 0 Å². The lowest BCUT2D eigenvalue weighted by Crippen LogP contribution is -2.28. The maximum atomic E-state index is 12.2. The Kier molecular flexibility index (Phi) is 5.31. The van der Waals surface area contributed by atoms with Crippen molar-refractivity contribution in [2.45, 2.75) is 19.3 Å². The molecule has 0 aliphatic rings. The number of aromatic nitrogens is 1. The molecule has 5 nitrogen and oxygen atoms in total. The number of amides is 1. The summed E-state index contributed by atoms with van der Waals surface area (Å²) < 4.78 is 5.26. The fraction of sp³-hybridized carbons (Fsp3) is 0.429. The highest BCUT2D eigenvalue weighted by Gasteiger charge is 2.16. The van der Waals surface area contributed by atoms with Crippen LogP contribution >= 0.6 is 11.3 Å². The molecule has 2 aromatic heterocycles. The molecular weight excluding hydrogens is 276 g/mol. The summed E-state index contributed by atoms with van der Waals surface area (Å²) in [5, 5.41) is 11.2. The predicted octanol–water partition coefficient (Wildman–Crippen LogP) is 2.64. The lowest BCUT2D eigenvalue weighted by molar-refractivity contribution is 0.0787. The molecule has 20 heavy (non-hydrogen) atoms. The van der Waals surface area contributed by atoms with Gasteiger partial charge in [-0.25, -0.2) is 4.98 Å². The van der Waals surface area contributed by atoms with Crippen LogP contribution in [0, 0.1) is 0 Å². The summed E-state index contributed by atoms with van der Waals surface area (Å²) in [6, 6.07) is 3.62. The van der Waals surface area contributed by atoms with Crippen LogP contribution in [-0.2, 0) is 0 Å². The van der Waals surface area contributed by atoms with Crippen molar-refractivity contribution in [1.29, 1.82) is 0 Å². The Bertz CT molecular complexity index is 536. The zero-order valence-corrected chi connectivity index (χ0v) is 12.2. The molecule has 2 aromatic rings. The van der Waals surface area contributed by atoms with Crippen LogP contribution in [0.3, 0.4) is 0 Å². The number of nitrogens with zero attached hydrogens (tertiary/aromatic N) is 2. The molecule has 0 bridgehead atoms. The van der Waals surface area contributed by atoms with Crippen LogP contribution < -0.4 is 0 Å². The Hall–Kier alpha value is -1.66. The molecule has 0 aliphatic heterocycles. The molecule has 0 aliphatic carbocycles. The number of carbonyl (C=O) groups is 1. The standard InChI is InChI=1S/C14H18N2O3S/c1-16(7-3-2-4-8-17)14(18)11-10-20-13(15-11)12-6-5-9-19-12/h5-6,9-10,17H,2-4,7-8H2,1H3. The highest BCUT2D eigenvalue weighted by molar-refractivity contribution is 7.13. The van der Waals surface area contributed by atoms with E-state index >= 15 is 0 Å². The van der Waals surface area contributed by atoms with Crippen molar-refractivity contribution in [3.8, 4) is 10.8 Å². The van der Waals surface area contributed by atoms with Crippen LogP contribution in [0.4, 0.5) is 0 Å². The highest BCUT2D eigenvalue weighted by atomic mass is 32.1. The van der Waals surface area contributed by atoms with Crippen molar-refractivity contribution in [2.75, 3.05) is 20.2 Å². The number of furan rings is 1. The number of hydrogen-bond donors (Lipinski definition) is 1. The van der Waals surface area contributed by atoms with Gasteiger partial charge in [-0.2, -0.15) is 0 Å². The van der Waals surface area contributed by atoms with E-state index in [9.17, 15) is 4.79 Å². The number of aliphatic hydroxyl groups is 1. The van der Waals surface area contributed by atoms with Crippen molar-refractivity contribution in [1.82, 2.24) is 9.88 Å². The second-order valence-corrected chi connectivity index (χ2v) is 5.38. The van der Waals surface area contributed by atoms with E-state index in [-0.39, 0.29) is 12.5 Å². The molecule has 108 valence electrons. The normalized spacial score (nSPS) is 10.7. The van der Waals surface area contributed by atoms with Gasteiger partial charge >= 0.3 is 0 Å². The van der Waals surface area contributed by atoms with Gasteiger partial charge in [0.15, 0.2) is 10.8 Å². The molecule has 0 fully saturated rings. The van der Waals surface area contributed by atoms with Crippen LogP contribution in [-0.4, -0.2) is 41.1 Å². The zero-order chi connectivity index (χ0) is 14.4. The fourth-order valence-electron chi connectivity index (χ4n) is 1.82. The minimum Gasteiger partial charge on any atom is -0.462 e. The van der Waals surface area contributed by atoms with Crippen molar-refractivity contribution in [2.24, 2.45) is 0 Å². The number of unbranched alkanes of at least 4 members (excludes halogenated alkanes) is 2. The lowest BCUT2D eigenvalue weighted by Gasteiger charge is -2.15. The number of carbonyl (C=O) groups excluding carboxylic acids is 1. The molecule has 0 saturated heterocycles. The molecular formula is C14H18N2O3S. The SMILES string of the molecule is CN(CCCCCO)C(=O)c1csc(-c2ccco2)n1. The number of thiazole rings is 1. The van der Waals surface area contributed by atoms with Crippen LogP contribution in [0.15, 0.2) is 28.2 Å². The average molecular weight is 294 g/mol. The molecule has 2 rings (SSSR count). The molecule has 1 amide bonds. The van der Waals surface area contributed by atoms with Crippen LogP contribution in [0.1, 0.15) is 29.8 Å². The van der Waals surface area contributed by atoms with E-state index in [1.807, 2.05) is 6.07 Å². The summed E-state index contributed by atoms with van der Waals surface area (Å²) in [6.45, 7) is 0.878. The summed E-state index contributed by atoms with van der Waals surface area (Å²) in [5.74, 6) is 0.600. The third kappa shape index (κ3) is 3.68. The van der Waals surface area contributed by atoms with Gasteiger partial charge in [0, 0.05) is 25.6 Å². The third-order valence-electron chi connectivity index (χ3n) is 2.95. The maximum absolute atomic E-state index is 12.2. The average Bonchev–Trinajstić information content (AvgIpc) is 3.11. The van der Waals surface area contributed by atoms with Crippen LogP contribution in [0.2, 0.25) is 0 Å². The Morgan fingerprint density at radius 3 is 3.00 bits per heavy atom. The number of rotatable bonds is 7. The second-order valence-electron chi connectivity index (χ2n) is 4.53. The molecule has 0 saturated carbocycles. The Balaban J connectivity index is 1.92. The van der Waals surface area contributed by atoms with Crippen LogP contribution in [0.25, 0.3) is 10.8 Å². The van der Waals surface area contributed by atoms with E-state index in [0.29, 0.717) is 23.0 Å². The molecule has 0 aromatic carbocycles. The molecule has 0 spiro atoms. The topological polar surface area (TPSA) is 66.6 Å². The quantitative estimate of drug-likeness (QED) is 0.797. The summed E-state index contributed by atoms with van der Waals surface area (Å²) >= 11 is 1.40. The Morgan fingerprint density at radius 1 is 1.45 bits per heavy atom. The first kappa shape index (κ1) is 14.7. The third-order valence-corrected chi connectivity index (χ3v) is 3.81. The van der Waals surface area contributed by atoms with Crippen molar-refractivity contribution < 1.29 is 14.3 Å². The van der Waals surface area contributed by atoms with E-state index in [2.05, 4.69) is 4.98 Å². The van der Waals surface area contributed by atoms with E-state index in [1.165, 1.54) is 11.3 Å². The van der Waals surface area contributed by atoms with Crippen molar-refractivity contribution in [3.05, 3.63) is 29.5 Å². The van der Waals surface area contributed by atoms with E-state index in [4.69, 9.17) is 9.52 Å². The van der Waals surface area contributed by atoms with E-state index < -0.39 is 0 Å². The van der Waals surface area contributed by atoms with Gasteiger partial charge in [-0.3, -0.25) is 4.79 Å². The summed E-state index contributed by atoms with van der Waals surface area (Å²) in [4.78, 5) is 18.2. The summed E-state index contributed by atoms with van der Waals surface area (Å²) in [5.41, 5.74) is 0.450. The van der Waals surface area contributed by atoms with Crippen molar-refractivity contribution >= 4 is 17.2 Å². The van der Waals surface area contributed by atoms with E-state index in [1.54, 1.807) is 29.7 Å². The van der Waals surface area contributed by atoms with Gasteiger partial charge in [0.25, 0.3) is 5.91 Å². The predicted molar refractivity (Wildman–Crippen MR) is 77.7 cm³/mol. The molecule has 6 heteroatoms. The first-order valence-electron chi connectivity index (χ1n) is 6.58. The molecule has 0 atom stereocenters. The molecule has 0 radical (unpaired) electrons. The first-order chi connectivity index (χ1) is 9.72. The van der Waals surface area contributed by atoms with Gasteiger partial charge in [-0.15, -0.1) is 11.3 Å². The van der Waals surface area contributed by atoms with Gasteiger partial charge in [-0.1, -0.05) is 0 Å². The van der Waals surface area contributed by atoms with Gasteiger partial charge in [-0.05, 0) is 31.4 Å². The van der Waals surface area contributed by atoms with Crippen LogP contribution in [0.5, 0.6) is 0 Å². The summed E-state index contributed by atoms with van der Waals surface area (Å²) in [7, 11) is 1.77. The molecule has 0 unspecified atom stereocenters. The Morgan fingerprint density at radius 2 is 2.30 bits per heavy atom. The minimum atomic E-state index is -0.0805. The Labute approximate surface area is 121 Å². The van der Waals surface area contributed by atoms with Crippen molar-refractivity contribution in [3.63, 3.8) is 0 Å². The maximum Gasteiger partial charge on any atom is 0.273 e. The smallest absolute Gasteiger partial charge is 0.273 e. The fourth-order valence-corrected chi connectivity index (χ4v) is 2.58. The minimum absolute atomic E-state index is 0.0805. The number of hydrogen-bond acceptors (Lipinski definition) is 5. The zero-order valence-electron chi connectivity index (χ0n) is 11.4. The van der Waals surface area contributed by atoms with Gasteiger partial charge in [0.1, 0.15) is 5.69 Å². The molecule has 1 N–H and O–H groups in total. The monoisotopic (exact) mass is 294 g/mol. The van der Waals surface area contributed by atoms with Gasteiger partial charge < -0.3 is 14.4 Å². The van der Waals surface area contributed by atoms with E-state index in [0.717, 1.165) is 19.3 Å². The molecule has 2 heterocycles. The highest BCUT2D eigenvalue weighted by Crippen LogP contribution is 2.24. The number of aliphatic hydroxyl groups excluding tert-OH is 1. The second kappa shape index (κ2) is 7.21. The first-order valence-corrected chi connectivity index (χ1v) is 7.46. The van der Waals surface area contributed by atoms with Gasteiger partial charge in [0.05, 0.1) is 6.26 Å². The lowest BCUT2D eigenvalue weighted by atomic mass is 10.2.